The highest BCUT2D eigenvalue weighted by atomic mass is 79.9. The lowest BCUT2D eigenvalue weighted by Crippen LogP contribution is -2.37. The molecule has 4 fully saturated rings. The second kappa shape index (κ2) is 47.2. The zero-order valence-electron chi connectivity index (χ0n) is 67.2. The van der Waals surface area contributed by atoms with Crippen LogP contribution in [0.15, 0.2) is 159 Å². The van der Waals surface area contributed by atoms with Gasteiger partial charge in [-0.1, -0.05) is 142 Å². The van der Waals surface area contributed by atoms with Crippen LogP contribution in [0, 0.1) is 39.4 Å². The van der Waals surface area contributed by atoms with Crippen LogP contribution in [-0.2, 0) is 19.5 Å². The smallest absolute Gasteiger partial charge is 0.294 e. The first-order chi connectivity index (χ1) is 59.2. The Hall–Kier alpha value is -13.4. The summed E-state index contributed by atoms with van der Waals surface area (Å²) in [6, 6.07) is 42.4. The lowest BCUT2D eigenvalue weighted by Gasteiger charge is -2.33. The van der Waals surface area contributed by atoms with Crippen LogP contribution in [0.5, 0.6) is 11.5 Å². The highest BCUT2D eigenvalue weighted by Gasteiger charge is 2.33. The summed E-state index contributed by atoms with van der Waals surface area (Å²) in [4.78, 5) is 91.2. The molecule has 17 rings (SSSR count). The number of hydrogen-bond acceptors (Lipinski definition) is 25. The number of aromatic nitrogens is 9. The Bertz CT molecular complexity index is 5750. The van der Waals surface area contributed by atoms with Crippen molar-refractivity contribution in [3.05, 3.63) is 277 Å². The molecule has 11 aromatic rings. The minimum absolute atomic E-state index is 0. The number of nitrogens with one attached hydrogen (secondary N) is 3. The number of methoxy groups -OCH3 is 2. The molecular weight excluding hydrogens is 1860 g/mol. The SMILES string of the molecule is C1CNC1.COc1c(Cl)cccc1Nc1cc(Cl)nc2c1C(=O)N(C)C2.Cl.Nc1cccc(Br)n1.[C-]#[N+]c1cccc(N)n1.[C-]#[N+]c1nc(Cc2cc(Nc3cccc(Cl)c3OC)c3c(n2)CN(C)C3=O)ccc1N1CCC1.[C-]#[N+]c1nc(N)ccc1Br.[C-]#[N+]c1nc(N)ccc1Br.[C-]#[N+]c1nc(N)ccc1N1CCC1.[C-]#[N+]c1nc(N)ccc1N1CCC1. The van der Waals surface area contributed by atoms with Crippen molar-refractivity contribution in [2.24, 2.45) is 0 Å². The van der Waals surface area contributed by atoms with Gasteiger partial charge in [0.2, 0.25) is 29.1 Å². The Morgan fingerprint density at radius 1 is 0.427 bits per heavy atom. The summed E-state index contributed by atoms with van der Waals surface area (Å²) in [6.07, 6.45) is 5.36. The minimum atomic E-state index is -0.0948. The summed E-state index contributed by atoms with van der Waals surface area (Å²) >= 11 is 28.0. The Morgan fingerprint density at radius 2 is 0.798 bits per heavy atom. The topological polar surface area (TPSA) is 403 Å². The zero-order chi connectivity index (χ0) is 88.8. The van der Waals surface area contributed by atoms with Crippen molar-refractivity contribution in [3.63, 3.8) is 0 Å². The van der Waals surface area contributed by atoms with Crippen molar-refractivity contribution in [2.45, 2.75) is 45.2 Å². The molecule has 0 unspecified atom stereocenters. The number of carbonyl (C=O) groups is 2. The van der Waals surface area contributed by atoms with E-state index < -0.39 is 0 Å². The summed E-state index contributed by atoms with van der Waals surface area (Å²) in [5.74, 6) is 5.51. The summed E-state index contributed by atoms with van der Waals surface area (Å²) in [5.41, 5.74) is 41.4. The standard InChI is InChI=1S/C25H23ClN6O2.C15H13Cl2N3O2.2C9H10N4.2C6H4BrN3.C6H5N3.C5H5BrN2.C3H7N.ClH/c1-27-24-21(32-10-5-11-32)9-8-15(29-24)12-16-13-19(22-20(28-16)14-31(2)25(22)33)30-18-7-4-6-17(26)23(18)34-3;1-20-7-11-13(15(20)21)10(6-12(17)19-11)18-9-5-3-4-8(16)14(9)22-2;2*1-11-9-7(13-5-2-6-13)3-4-8(10)12-9;2*1-9-6-4(7)2-3-5(8)10-6;1-8-6-4-2-3-5(7)9-6;6-4-2-1-3-5(7)8-4;1-2-4-3-1;/h4,6-9,13H,5,10-12,14H2,2-3H3,(H,28,30);3-6H,7H2,1-2H3,(H,18,19);2*3-4H,2,5-6H2,(H2,10,12);2*2-3H,(H2,8,10);2-4H,(H2,7,9);1-3H,(H2,7,8);4H,1-3H2;1H. The third kappa shape index (κ3) is 26.6. The third-order valence-corrected chi connectivity index (χ3v) is 20.6. The van der Waals surface area contributed by atoms with Gasteiger partial charge < -0.3 is 113 Å². The fraction of sp³-hybridized carbons (Fsp3) is 0.226. The number of nitrogens with zero attached hydrogens (tertiary/aromatic N) is 20. The number of amides is 2. The fourth-order valence-electron chi connectivity index (χ4n) is 11.6. The number of benzene rings is 2. The van der Waals surface area contributed by atoms with Crippen LogP contribution in [0.1, 0.15) is 69.2 Å². The molecule has 0 atom stereocenters. The number of fused-ring (bicyclic) bond motifs is 2. The van der Waals surface area contributed by atoms with E-state index in [4.69, 9.17) is 123 Å². The Labute approximate surface area is 763 Å². The summed E-state index contributed by atoms with van der Waals surface area (Å²) in [5, 5.41) is 10.9. The van der Waals surface area contributed by atoms with Gasteiger partial charge in [0.25, 0.3) is 46.7 Å². The lowest BCUT2D eigenvalue weighted by atomic mass is 10.1. The number of rotatable bonds is 11. The van der Waals surface area contributed by atoms with Gasteiger partial charge in [0.15, 0.2) is 11.5 Å². The maximum Gasteiger partial charge on any atom is 0.294 e. The van der Waals surface area contributed by atoms with Gasteiger partial charge >= 0.3 is 0 Å². The molecule has 0 spiro atoms. The number of para-hydroxylation sites is 2. The quantitative estimate of drug-likeness (QED) is 0.0429. The number of carbonyl (C=O) groups excluding carboxylic acids is 2. The van der Waals surface area contributed by atoms with E-state index in [2.05, 4.69) is 147 Å². The van der Waals surface area contributed by atoms with Crippen molar-refractivity contribution in [3.8, 4) is 11.5 Å². The molecule has 0 bridgehead atoms. The Balaban J connectivity index is 0.000000184. The first-order valence-corrected chi connectivity index (χ1v) is 40.8. The van der Waals surface area contributed by atoms with Crippen molar-refractivity contribution in [1.29, 1.82) is 0 Å². The van der Waals surface area contributed by atoms with Gasteiger partial charge in [-0.25, -0.2) is 9.97 Å². The van der Waals surface area contributed by atoms with E-state index in [0.29, 0.717) is 170 Å². The van der Waals surface area contributed by atoms with Crippen LogP contribution in [0.4, 0.5) is 110 Å². The lowest BCUT2D eigenvalue weighted by molar-refractivity contribution is 0.0809. The number of nitrogen functional groups attached to an aromatic ring is 6. The maximum absolute atomic E-state index is 12.9. The van der Waals surface area contributed by atoms with Crippen molar-refractivity contribution in [2.75, 3.05) is 140 Å². The minimum Gasteiger partial charge on any atom is -0.493 e. The molecule has 0 saturated carbocycles. The van der Waals surface area contributed by atoms with Crippen LogP contribution < -0.4 is 74.5 Å². The van der Waals surface area contributed by atoms with E-state index in [0.717, 1.165) is 78.7 Å². The number of anilines is 13. The number of halogens is 7. The van der Waals surface area contributed by atoms with Crippen LogP contribution in [0.2, 0.25) is 15.2 Å². The summed E-state index contributed by atoms with van der Waals surface area (Å²) in [6.45, 7) is 50.7. The highest BCUT2D eigenvalue weighted by molar-refractivity contribution is 9.11. The number of nitrogens with two attached hydrogens (primary N) is 6. The van der Waals surface area contributed by atoms with Crippen molar-refractivity contribution in [1.82, 2.24) is 60.0 Å². The van der Waals surface area contributed by atoms with E-state index in [9.17, 15) is 9.59 Å². The van der Waals surface area contributed by atoms with Crippen LogP contribution in [0.25, 0.3) is 29.1 Å². The number of ether oxygens (including phenoxy) is 2. The first-order valence-electron chi connectivity index (χ1n) is 37.3. The zero-order valence-corrected chi connectivity index (χ0v) is 75.0. The van der Waals surface area contributed by atoms with Crippen molar-refractivity contribution < 1.29 is 19.1 Å². The van der Waals surface area contributed by atoms with E-state index in [1.54, 1.807) is 116 Å². The molecule has 0 radical (unpaired) electrons. The Kier molecular flexibility index (Phi) is 36.5. The largest absolute Gasteiger partial charge is 0.493 e. The van der Waals surface area contributed by atoms with E-state index in [1.807, 2.05) is 60.7 Å². The molecule has 9 aromatic heterocycles. The molecule has 2 amide bonds. The normalized spacial score (nSPS) is 12.8. The molecule has 15 heterocycles. The van der Waals surface area contributed by atoms with E-state index in [1.165, 1.54) is 39.5 Å². The van der Waals surface area contributed by atoms with Gasteiger partial charge in [0.05, 0.1) is 112 Å². The molecule has 2 aromatic carbocycles. The molecule has 636 valence electrons. The van der Waals surface area contributed by atoms with Gasteiger partial charge in [0.1, 0.15) is 21.3 Å². The highest BCUT2D eigenvalue weighted by Crippen LogP contribution is 2.41. The van der Waals surface area contributed by atoms with E-state index in [-0.39, 0.29) is 24.2 Å². The second-order valence-corrected chi connectivity index (χ2v) is 30.4. The predicted molar refractivity (Wildman–Crippen MR) is 502 cm³/mol. The molecule has 6 aliphatic heterocycles. The average molecular weight is 1940 g/mol. The average Bonchev–Trinajstić information content (AvgIpc) is 1.59. The maximum atomic E-state index is 12.9. The fourth-order valence-corrected chi connectivity index (χ4v) is 13.3. The van der Waals surface area contributed by atoms with Gasteiger partial charge in [-0.3, -0.25) is 14.6 Å². The van der Waals surface area contributed by atoms with Crippen LogP contribution >= 0.6 is 95.0 Å². The molecule has 33 nitrogen and oxygen atoms in total. The third-order valence-electron chi connectivity index (χ3n) is 18.1. The molecule has 40 heteroatoms. The van der Waals surface area contributed by atoms with E-state index >= 15 is 0 Å². The van der Waals surface area contributed by atoms with Gasteiger partial charge in [-0.15, -0.1) is 42.3 Å². The number of pyridine rings is 9. The molecule has 124 heavy (non-hydrogen) atoms. The van der Waals surface area contributed by atoms with Gasteiger partial charge in [-0.2, -0.15) is 0 Å². The predicted octanol–water partition coefficient (Wildman–Crippen LogP) is 18.4. The molecular formula is C84H82Br3Cl4N29O4. The first kappa shape index (κ1) is 96.1. The summed E-state index contributed by atoms with van der Waals surface area (Å²) in [7, 11) is 6.57. The van der Waals surface area contributed by atoms with Gasteiger partial charge in [-0.05, 0) is 134 Å². The van der Waals surface area contributed by atoms with Crippen LogP contribution in [-0.4, -0.2) is 147 Å². The molecule has 15 N–H and O–H groups in total. The van der Waals surface area contributed by atoms with Crippen molar-refractivity contribution >= 4 is 216 Å². The second-order valence-electron chi connectivity index (χ2n) is 26.7. The molecule has 6 aliphatic rings. The number of hydrogen-bond donors (Lipinski definition) is 9. The monoisotopic (exact) mass is 1940 g/mol. The van der Waals surface area contributed by atoms with Crippen LogP contribution in [0.3, 0.4) is 0 Å². The molecule has 4 saturated heterocycles. The summed E-state index contributed by atoms with van der Waals surface area (Å²) < 4.78 is 12.9. The molecule has 0 aliphatic carbocycles. The Morgan fingerprint density at radius 3 is 1.15 bits per heavy atom. The van der Waals surface area contributed by atoms with Gasteiger partial charge in [0, 0.05) is 92.6 Å².